The second-order valence-electron chi connectivity index (χ2n) is 4.41. The second-order valence-corrected chi connectivity index (χ2v) is 4.41. The molecule has 1 unspecified atom stereocenters. The maximum absolute atomic E-state index is 5.52. The van der Waals surface area contributed by atoms with E-state index in [9.17, 15) is 0 Å². The van der Waals surface area contributed by atoms with Crippen LogP contribution in [0.2, 0.25) is 0 Å². The predicted octanol–water partition coefficient (Wildman–Crippen LogP) is 1.53. The van der Waals surface area contributed by atoms with Crippen LogP contribution in [0.15, 0.2) is 0 Å². The van der Waals surface area contributed by atoms with Crippen molar-refractivity contribution in [3.63, 3.8) is 0 Å². The van der Waals surface area contributed by atoms with Crippen LogP contribution in [0.4, 0.5) is 5.82 Å². The van der Waals surface area contributed by atoms with Crippen LogP contribution in [0.1, 0.15) is 42.8 Å². The summed E-state index contributed by atoms with van der Waals surface area (Å²) in [7, 11) is 0. The van der Waals surface area contributed by atoms with Crippen molar-refractivity contribution in [3.8, 4) is 0 Å². The van der Waals surface area contributed by atoms with E-state index >= 15 is 0 Å². The fraction of sp³-hybridized carbons (Fsp3) is 0.667. The van der Waals surface area contributed by atoms with Gasteiger partial charge in [-0.25, -0.2) is 15.8 Å². The van der Waals surface area contributed by atoms with E-state index in [0.717, 1.165) is 55.4 Å². The molecule has 2 rings (SSSR count). The number of nitrogen functional groups attached to an aromatic ring is 1. The minimum absolute atomic E-state index is 0.306. The molecule has 1 aliphatic rings. The molecule has 0 bridgehead atoms. The molecule has 1 aromatic rings. The Kier molecular flexibility index (Phi) is 3.91. The lowest BCUT2D eigenvalue weighted by molar-refractivity contribution is 0.0780. The van der Waals surface area contributed by atoms with Gasteiger partial charge < -0.3 is 10.2 Å². The Hall–Kier alpha value is -1.20. The van der Waals surface area contributed by atoms with E-state index in [1.807, 2.05) is 6.92 Å². The number of ether oxygens (including phenoxy) is 1. The summed E-state index contributed by atoms with van der Waals surface area (Å²) in [5, 5.41) is 0. The van der Waals surface area contributed by atoms with E-state index in [0.29, 0.717) is 5.92 Å². The summed E-state index contributed by atoms with van der Waals surface area (Å²) in [4.78, 5) is 9.11. The molecule has 2 heterocycles. The van der Waals surface area contributed by atoms with Gasteiger partial charge in [-0.15, -0.1) is 0 Å². The average molecular weight is 236 g/mol. The third-order valence-electron chi connectivity index (χ3n) is 3.25. The van der Waals surface area contributed by atoms with Gasteiger partial charge in [-0.2, -0.15) is 0 Å². The van der Waals surface area contributed by atoms with Gasteiger partial charge in [0.05, 0.1) is 6.61 Å². The van der Waals surface area contributed by atoms with Gasteiger partial charge in [0, 0.05) is 23.8 Å². The number of nitrogens with two attached hydrogens (primary N) is 1. The number of nitrogens with zero attached hydrogens (tertiary/aromatic N) is 2. The van der Waals surface area contributed by atoms with Crippen molar-refractivity contribution in [2.45, 2.75) is 39.0 Å². The van der Waals surface area contributed by atoms with Gasteiger partial charge >= 0.3 is 0 Å². The summed E-state index contributed by atoms with van der Waals surface area (Å²) in [6.07, 6.45) is 3.05. The van der Waals surface area contributed by atoms with Crippen molar-refractivity contribution in [1.29, 1.82) is 0 Å². The highest BCUT2D eigenvalue weighted by molar-refractivity contribution is 5.45. The number of aromatic nitrogens is 2. The van der Waals surface area contributed by atoms with E-state index in [-0.39, 0.29) is 0 Å². The largest absolute Gasteiger partial charge is 0.381 e. The summed E-state index contributed by atoms with van der Waals surface area (Å²) in [6.45, 7) is 5.66. The zero-order valence-electron chi connectivity index (χ0n) is 10.5. The molecule has 0 spiro atoms. The van der Waals surface area contributed by atoms with Gasteiger partial charge in [-0.05, 0) is 26.2 Å². The van der Waals surface area contributed by atoms with Crippen LogP contribution in [0.5, 0.6) is 0 Å². The van der Waals surface area contributed by atoms with Crippen LogP contribution < -0.4 is 11.3 Å². The zero-order chi connectivity index (χ0) is 12.3. The fourth-order valence-electron chi connectivity index (χ4n) is 2.29. The molecule has 0 radical (unpaired) electrons. The lowest BCUT2D eigenvalue weighted by atomic mass is 10.0. The van der Waals surface area contributed by atoms with E-state index in [4.69, 9.17) is 10.6 Å². The lowest BCUT2D eigenvalue weighted by Crippen LogP contribution is -2.21. The van der Waals surface area contributed by atoms with Gasteiger partial charge in [0.15, 0.2) is 0 Å². The molecular formula is C12H20N4O. The first-order valence-electron chi connectivity index (χ1n) is 6.18. The highest BCUT2D eigenvalue weighted by Crippen LogP contribution is 2.25. The van der Waals surface area contributed by atoms with Crippen LogP contribution in [0, 0.1) is 6.92 Å². The number of hydrogen-bond acceptors (Lipinski definition) is 5. The number of anilines is 1. The van der Waals surface area contributed by atoms with Gasteiger partial charge in [0.25, 0.3) is 0 Å². The Morgan fingerprint density at radius 2 is 2.29 bits per heavy atom. The number of rotatable bonds is 3. The van der Waals surface area contributed by atoms with Crippen molar-refractivity contribution in [1.82, 2.24) is 9.97 Å². The van der Waals surface area contributed by atoms with Crippen LogP contribution in [-0.2, 0) is 11.2 Å². The number of aryl methyl sites for hydroxylation is 1. The van der Waals surface area contributed by atoms with Crippen LogP contribution in [-0.4, -0.2) is 23.2 Å². The standard InChI is InChI=1S/C12H20N4O/c1-3-10-8(2)14-11(15-12(10)16-13)9-5-4-6-17-7-9/h9H,3-7,13H2,1-2H3,(H,14,15,16). The highest BCUT2D eigenvalue weighted by Gasteiger charge is 2.20. The van der Waals surface area contributed by atoms with Gasteiger partial charge in [-0.1, -0.05) is 6.92 Å². The molecule has 5 nitrogen and oxygen atoms in total. The molecule has 1 aromatic heterocycles. The third-order valence-corrected chi connectivity index (χ3v) is 3.25. The molecule has 3 N–H and O–H groups in total. The molecule has 94 valence electrons. The maximum atomic E-state index is 5.52. The first kappa shape index (κ1) is 12.3. The number of hydrazine groups is 1. The van der Waals surface area contributed by atoms with Gasteiger partial charge in [0.2, 0.25) is 0 Å². The topological polar surface area (TPSA) is 73.1 Å². The van der Waals surface area contributed by atoms with E-state index in [1.54, 1.807) is 0 Å². The van der Waals surface area contributed by atoms with Crippen LogP contribution in [0.25, 0.3) is 0 Å². The Balaban J connectivity index is 2.31. The van der Waals surface area contributed by atoms with Gasteiger partial charge in [0.1, 0.15) is 11.6 Å². The molecule has 0 aromatic carbocycles. The van der Waals surface area contributed by atoms with Crippen molar-refractivity contribution in [3.05, 3.63) is 17.1 Å². The molecule has 0 saturated carbocycles. The smallest absolute Gasteiger partial charge is 0.147 e. The fourth-order valence-corrected chi connectivity index (χ4v) is 2.29. The summed E-state index contributed by atoms with van der Waals surface area (Å²) < 4.78 is 5.47. The highest BCUT2D eigenvalue weighted by atomic mass is 16.5. The maximum Gasteiger partial charge on any atom is 0.147 e. The Morgan fingerprint density at radius 1 is 1.47 bits per heavy atom. The van der Waals surface area contributed by atoms with Crippen molar-refractivity contribution < 1.29 is 4.74 Å². The van der Waals surface area contributed by atoms with E-state index in [1.165, 1.54) is 0 Å². The Morgan fingerprint density at radius 3 is 2.88 bits per heavy atom. The summed E-state index contributed by atoms with van der Waals surface area (Å²) in [5.74, 6) is 7.43. The Bertz CT molecular complexity index is 388. The van der Waals surface area contributed by atoms with Crippen molar-refractivity contribution in [2.75, 3.05) is 18.6 Å². The molecule has 17 heavy (non-hydrogen) atoms. The number of nitrogens with one attached hydrogen (secondary N) is 1. The van der Waals surface area contributed by atoms with Crippen LogP contribution >= 0.6 is 0 Å². The summed E-state index contributed by atoms with van der Waals surface area (Å²) in [6, 6.07) is 0. The third kappa shape index (κ3) is 2.56. The average Bonchev–Trinajstić information content (AvgIpc) is 2.38. The van der Waals surface area contributed by atoms with Gasteiger partial charge in [-0.3, -0.25) is 0 Å². The molecule has 5 heteroatoms. The normalized spacial score (nSPS) is 20.3. The predicted molar refractivity (Wildman–Crippen MR) is 66.8 cm³/mol. The van der Waals surface area contributed by atoms with Crippen molar-refractivity contribution >= 4 is 5.82 Å². The minimum Gasteiger partial charge on any atom is -0.381 e. The summed E-state index contributed by atoms with van der Waals surface area (Å²) in [5.41, 5.74) is 4.78. The molecule has 1 atom stereocenters. The molecule has 1 fully saturated rings. The zero-order valence-corrected chi connectivity index (χ0v) is 10.5. The van der Waals surface area contributed by atoms with E-state index in [2.05, 4.69) is 22.3 Å². The quantitative estimate of drug-likeness (QED) is 0.615. The number of hydrogen-bond donors (Lipinski definition) is 2. The molecule has 1 aliphatic heterocycles. The van der Waals surface area contributed by atoms with Crippen molar-refractivity contribution in [2.24, 2.45) is 5.84 Å². The Labute approximate surface area is 102 Å². The second kappa shape index (κ2) is 5.42. The lowest BCUT2D eigenvalue weighted by Gasteiger charge is -2.22. The molecular weight excluding hydrogens is 216 g/mol. The van der Waals surface area contributed by atoms with E-state index < -0.39 is 0 Å². The molecule has 0 amide bonds. The monoisotopic (exact) mass is 236 g/mol. The first-order chi connectivity index (χ1) is 8.26. The molecule has 0 aliphatic carbocycles. The summed E-state index contributed by atoms with van der Waals surface area (Å²) >= 11 is 0. The van der Waals surface area contributed by atoms with Crippen LogP contribution in [0.3, 0.4) is 0 Å². The SMILES string of the molecule is CCc1c(C)nc(C2CCCOC2)nc1NN. The first-order valence-corrected chi connectivity index (χ1v) is 6.18. The molecule has 1 saturated heterocycles. The minimum atomic E-state index is 0.306.